The number of hydrogen-bond acceptors (Lipinski definition) is 3. The number of aromatic nitrogens is 2. The van der Waals surface area contributed by atoms with Gasteiger partial charge in [-0.25, -0.2) is 23.5 Å². The molecule has 0 spiro atoms. The molecule has 1 N–H and O–H groups in total. The number of benzene rings is 1. The predicted molar refractivity (Wildman–Crippen MR) is 82.7 cm³/mol. The molecule has 0 atom stereocenters. The first-order chi connectivity index (χ1) is 10.8. The van der Waals surface area contributed by atoms with E-state index in [-0.39, 0.29) is 17.5 Å². The van der Waals surface area contributed by atoms with Crippen molar-refractivity contribution >= 4 is 5.97 Å². The highest BCUT2D eigenvalue weighted by Crippen LogP contribution is 2.33. The molecule has 6 heteroatoms. The molecule has 0 saturated carbocycles. The van der Waals surface area contributed by atoms with E-state index in [0.29, 0.717) is 29.2 Å². The SMILES string of the molecule is CCCC(F)(F)c1ccc(-c2nc(C)c(C(=O)O)c(C)n2)cc1. The molecule has 0 fully saturated rings. The van der Waals surface area contributed by atoms with Gasteiger partial charge in [0.05, 0.1) is 11.4 Å². The number of carboxylic acid groups (broad SMARTS) is 1. The van der Waals surface area contributed by atoms with Crippen molar-refractivity contribution in [3.05, 3.63) is 46.8 Å². The molecule has 0 bridgehead atoms. The Morgan fingerprint density at radius 2 is 1.65 bits per heavy atom. The average molecular weight is 320 g/mol. The number of carboxylic acids is 1. The molecule has 4 nitrogen and oxygen atoms in total. The number of halogens is 2. The molecule has 2 aromatic rings. The van der Waals surface area contributed by atoms with Crippen LogP contribution in [0.25, 0.3) is 11.4 Å². The highest BCUT2D eigenvalue weighted by Gasteiger charge is 2.30. The molecule has 1 heterocycles. The Kier molecular flexibility index (Phi) is 4.73. The van der Waals surface area contributed by atoms with Gasteiger partial charge in [0.15, 0.2) is 5.82 Å². The van der Waals surface area contributed by atoms with Crippen molar-refractivity contribution < 1.29 is 18.7 Å². The Morgan fingerprint density at radius 1 is 1.13 bits per heavy atom. The van der Waals surface area contributed by atoms with Crippen LogP contribution in [0.3, 0.4) is 0 Å². The standard InChI is InChI=1S/C17H18F2N2O2/c1-4-9-17(18,19)13-7-5-12(6-8-13)15-20-10(2)14(16(22)23)11(3)21-15/h5-8H,4,9H2,1-3H3,(H,22,23). The van der Waals surface area contributed by atoms with E-state index < -0.39 is 11.9 Å². The molecule has 122 valence electrons. The summed E-state index contributed by atoms with van der Waals surface area (Å²) >= 11 is 0. The van der Waals surface area contributed by atoms with Gasteiger partial charge in [-0.3, -0.25) is 0 Å². The minimum atomic E-state index is -2.85. The van der Waals surface area contributed by atoms with Gasteiger partial charge in [0.1, 0.15) is 5.56 Å². The van der Waals surface area contributed by atoms with E-state index in [1.807, 2.05) is 0 Å². The fraction of sp³-hybridized carbons (Fsp3) is 0.353. The van der Waals surface area contributed by atoms with Crippen molar-refractivity contribution in [2.75, 3.05) is 0 Å². The number of rotatable bonds is 5. The smallest absolute Gasteiger partial charge is 0.339 e. The second-order valence-corrected chi connectivity index (χ2v) is 5.43. The van der Waals surface area contributed by atoms with E-state index in [2.05, 4.69) is 9.97 Å². The molecule has 0 aliphatic carbocycles. The van der Waals surface area contributed by atoms with Crippen molar-refractivity contribution in [1.29, 1.82) is 0 Å². The minimum Gasteiger partial charge on any atom is -0.478 e. The quantitative estimate of drug-likeness (QED) is 0.889. The molecule has 1 aromatic heterocycles. The van der Waals surface area contributed by atoms with Crippen LogP contribution in [-0.4, -0.2) is 21.0 Å². The fourth-order valence-electron chi connectivity index (χ4n) is 2.48. The molecule has 0 saturated heterocycles. The van der Waals surface area contributed by atoms with Gasteiger partial charge in [-0.1, -0.05) is 37.6 Å². The van der Waals surface area contributed by atoms with E-state index in [9.17, 15) is 13.6 Å². The zero-order valence-corrected chi connectivity index (χ0v) is 13.2. The normalized spacial score (nSPS) is 11.5. The minimum absolute atomic E-state index is 0.0429. The van der Waals surface area contributed by atoms with Crippen LogP contribution in [0.2, 0.25) is 0 Å². The highest BCUT2D eigenvalue weighted by molar-refractivity contribution is 5.90. The lowest BCUT2D eigenvalue weighted by Gasteiger charge is -2.16. The molecule has 0 radical (unpaired) electrons. The van der Waals surface area contributed by atoms with E-state index in [0.717, 1.165) is 0 Å². The van der Waals surface area contributed by atoms with Crippen molar-refractivity contribution in [1.82, 2.24) is 9.97 Å². The summed E-state index contributed by atoms with van der Waals surface area (Å²) in [6.45, 7) is 4.89. The lowest BCUT2D eigenvalue weighted by atomic mass is 10.0. The summed E-state index contributed by atoms with van der Waals surface area (Å²) in [4.78, 5) is 19.5. The first-order valence-corrected chi connectivity index (χ1v) is 7.33. The second kappa shape index (κ2) is 6.40. The summed E-state index contributed by atoms with van der Waals surface area (Å²) in [5.74, 6) is -3.61. The number of aromatic carboxylic acids is 1. The zero-order chi connectivity index (χ0) is 17.2. The van der Waals surface area contributed by atoms with Gasteiger partial charge in [-0.15, -0.1) is 0 Å². The predicted octanol–water partition coefficient (Wildman–Crippen LogP) is 4.35. The maximum Gasteiger partial charge on any atom is 0.339 e. The Balaban J connectivity index is 2.39. The second-order valence-electron chi connectivity index (χ2n) is 5.43. The van der Waals surface area contributed by atoms with Crippen LogP contribution in [-0.2, 0) is 5.92 Å². The van der Waals surface area contributed by atoms with Crippen LogP contribution >= 0.6 is 0 Å². The third kappa shape index (κ3) is 3.52. The van der Waals surface area contributed by atoms with E-state index in [1.54, 1.807) is 20.8 Å². The van der Waals surface area contributed by atoms with Gasteiger partial charge in [-0.2, -0.15) is 0 Å². The molecular weight excluding hydrogens is 302 g/mol. The molecular formula is C17H18F2N2O2. The van der Waals surface area contributed by atoms with E-state index >= 15 is 0 Å². The number of nitrogens with zero attached hydrogens (tertiary/aromatic N) is 2. The monoisotopic (exact) mass is 320 g/mol. The maximum atomic E-state index is 13.9. The summed E-state index contributed by atoms with van der Waals surface area (Å²) in [6.07, 6.45) is 0.196. The molecule has 23 heavy (non-hydrogen) atoms. The van der Waals surface area contributed by atoms with Crippen LogP contribution in [0.4, 0.5) is 8.78 Å². The number of alkyl halides is 2. The van der Waals surface area contributed by atoms with Crippen LogP contribution in [0.15, 0.2) is 24.3 Å². The van der Waals surface area contributed by atoms with Crippen molar-refractivity contribution in [2.24, 2.45) is 0 Å². The largest absolute Gasteiger partial charge is 0.478 e. The van der Waals surface area contributed by atoms with Crippen molar-refractivity contribution in [3.8, 4) is 11.4 Å². The molecule has 0 unspecified atom stereocenters. The molecule has 2 rings (SSSR count). The number of hydrogen-bond donors (Lipinski definition) is 1. The summed E-state index contributed by atoms with van der Waals surface area (Å²) in [5, 5.41) is 9.12. The molecule has 0 aliphatic heterocycles. The Hall–Kier alpha value is -2.37. The van der Waals surface area contributed by atoms with Crippen molar-refractivity contribution in [3.63, 3.8) is 0 Å². The zero-order valence-electron chi connectivity index (χ0n) is 13.2. The molecule has 1 aromatic carbocycles. The Bertz CT molecular complexity index is 705. The molecule has 0 aliphatic rings. The summed E-state index contributed by atoms with van der Waals surface area (Å²) in [6, 6.07) is 5.80. The van der Waals surface area contributed by atoms with E-state index in [1.165, 1.54) is 24.3 Å². The number of aryl methyl sites for hydroxylation is 2. The molecule has 0 amide bonds. The summed E-state index contributed by atoms with van der Waals surface area (Å²) in [5.41, 5.74) is 1.29. The first kappa shape index (κ1) is 17.0. The van der Waals surface area contributed by atoms with E-state index in [4.69, 9.17) is 5.11 Å². The summed E-state index contributed by atoms with van der Waals surface area (Å²) in [7, 11) is 0. The third-order valence-corrected chi connectivity index (χ3v) is 3.61. The van der Waals surface area contributed by atoms with Gasteiger partial charge in [0.2, 0.25) is 0 Å². The van der Waals surface area contributed by atoms with Crippen molar-refractivity contribution in [2.45, 2.75) is 39.5 Å². The van der Waals surface area contributed by atoms with Crippen LogP contribution < -0.4 is 0 Å². The first-order valence-electron chi connectivity index (χ1n) is 7.33. The van der Waals surface area contributed by atoms with Gasteiger partial charge in [0.25, 0.3) is 5.92 Å². The van der Waals surface area contributed by atoms with Gasteiger partial charge in [-0.05, 0) is 13.8 Å². The van der Waals surface area contributed by atoms with Gasteiger partial charge in [0, 0.05) is 17.5 Å². The average Bonchev–Trinajstić information content (AvgIpc) is 2.46. The van der Waals surface area contributed by atoms with Crippen LogP contribution in [0.1, 0.15) is 47.1 Å². The van der Waals surface area contributed by atoms with Crippen LogP contribution in [0.5, 0.6) is 0 Å². The Morgan fingerprint density at radius 3 is 2.09 bits per heavy atom. The van der Waals surface area contributed by atoms with Gasteiger partial charge < -0.3 is 5.11 Å². The lowest BCUT2D eigenvalue weighted by molar-refractivity contribution is -0.0140. The Labute approximate surface area is 133 Å². The maximum absolute atomic E-state index is 13.9. The topological polar surface area (TPSA) is 63.1 Å². The van der Waals surface area contributed by atoms with Crippen LogP contribution in [0, 0.1) is 13.8 Å². The lowest BCUT2D eigenvalue weighted by Crippen LogP contribution is -2.12. The van der Waals surface area contributed by atoms with Gasteiger partial charge >= 0.3 is 5.97 Å². The highest BCUT2D eigenvalue weighted by atomic mass is 19.3. The summed E-state index contributed by atoms with van der Waals surface area (Å²) < 4.78 is 27.7. The fourth-order valence-corrected chi connectivity index (χ4v) is 2.48. The number of carbonyl (C=O) groups is 1. The third-order valence-electron chi connectivity index (χ3n) is 3.61.